The molecule has 0 bridgehead atoms. The van der Waals surface area contributed by atoms with E-state index in [0.717, 1.165) is 24.1 Å². The molecule has 0 radical (unpaired) electrons. The van der Waals surface area contributed by atoms with Gasteiger partial charge in [0.1, 0.15) is 0 Å². The van der Waals surface area contributed by atoms with Crippen molar-refractivity contribution in [2.75, 3.05) is 27.2 Å². The van der Waals surface area contributed by atoms with Crippen LogP contribution in [0.4, 0.5) is 4.39 Å². The number of rotatable bonds is 3. The maximum Gasteiger partial charge on any atom is 0.169 e. The summed E-state index contributed by atoms with van der Waals surface area (Å²) in [7, 11) is 3.53. The molecule has 2 N–H and O–H groups in total. The van der Waals surface area contributed by atoms with E-state index in [1.54, 1.807) is 6.07 Å². The van der Waals surface area contributed by atoms with Gasteiger partial charge < -0.3 is 10.5 Å². The molecule has 0 saturated carbocycles. The Bertz CT molecular complexity index is 436. The van der Waals surface area contributed by atoms with Crippen molar-refractivity contribution in [3.8, 4) is 5.75 Å². The summed E-state index contributed by atoms with van der Waals surface area (Å²) < 4.78 is 19.4. The molecule has 2 unspecified atom stereocenters. The molecule has 18 heavy (non-hydrogen) atoms. The Balaban J connectivity index is 2.36. The fourth-order valence-corrected chi connectivity index (χ4v) is 2.79. The third kappa shape index (κ3) is 2.35. The first kappa shape index (κ1) is 13.3. The molecule has 3 nitrogen and oxygen atoms in total. The van der Waals surface area contributed by atoms with Crippen LogP contribution in [0.3, 0.4) is 0 Å². The second-order valence-electron chi connectivity index (χ2n) is 5.16. The van der Waals surface area contributed by atoms with Gasteiger partial charge in [0.05, 0.1) is 7.11 Å². The van der Waals surface area contributed by atoms with Gasteiger partial charge in [0, 0.05) is 18.2 Å². The maximum atomic E-state index is 14.3. The lowest BCUT2D eigenvalue weighted by Crippen LogP contribution is -2.21. The predicted octanol–water partition coefficient (Wildman–Crippen LogP) is 2.09. The Labute approximate surface area is 108 Å². The van der Waals surface area contributed by atoms with E-state index in [-0.39, 0.29) is 11.9 Å². The van der Waals surface area contributed by atoms with E-state index in [9.17, 15) is 4.39 Å². The van der Waals surface area contributed by atoms with Crippen LogP contribution in [0.2, 0.25) is 0 Å². The molecule has 1 aromatic carbocycles. The van der Waals surface area contributed by atoms with Gasteiger partial charge in [-0.05, 0) is 44.5 Å². The van der Waals surface area contributed by atoms with Gasteiger partial charge in [-0.1, -0.05) is 6.07 Å². The van der Waals surface area contributed by atoms with Crippen molar-refractivity contribution in [3.05, 3.63) is 29.1 Å². The van der Waals surface area contributed by atoms with Crippen LogP contribution in [0.1, 0.15) is 23.6 Å². The quantitative estimate of drug-likeness (QED) is 0.895. The molecule has 2 atom stereocenters. The van der Waals surface area contributed by atoms with Crippen LogP contribution in [0.5, 0.6) is 5.75 Å². The van der Waals surface area contributed by atoms with Gasteiger partial charge in [0.2, 0.25) is 0 Å². The highest BCUT2D eigenvalue weighted by Gasteiger charge is 2.32. The third-order valence-corrected chi connectivity index (χ3v) is 3.76. The van der Waals surface area contributed by atoms with Crippen molar-refractivity contribution >= 4 is 0 Å². The van der Waals surface area contributed by atoms with E-state index in [4.69, 9.17) is 10.5 Å². The van der Waals surface area contributed by atoms with Crippen molar-refractivity contribution in [1.29, 1.82) is 0 Å². The molecule has 0 spiro atoms. The van der Waals surface area contributed by atoms with Crippen LogP contribution in [-0.4, -0.2) is 32.1 Å². The van der Waals surface area contributed by atoms with Crippen LogP contribution in [0, 0.1) is 18.7 Å². The summed E-state index contributed by atoms with van der Waals surface area (Å²) in [4.78, 5) is 2.18. The first-order valence-electron chi connectivity index (χ1n) is 6.31. The summed E-state index contributed by atoms with van der Waals surface area (Å²) in [6.07, 6.45) is 0.913. The van der Waals surface area contributed by atoms with Crippen LogP contribution in [0.15, 0.2) is 12.1 Å². The number of aryl methyl sites for hydroxylation is 1. The first-order chi connectivity index (χ1) is 8.56. The average Bonchev–Trinajstić information content (AvgIpc) is 2.73. The zero-order valence-corrected chi connectivity index (χ0v) is 11.2. The highest BCUT2D eigenvalue weighted by Crippen LogP contribution is 2.37. The molecular formula is C14H21FN2O. The largest absolute Gasteiger partial charge is 0.494 e. The van der Waals surface area contributed by atoms with Crippen LogP contribution < -0.4 is 10.5 Å². The predicted molar refractivity (Wildman–Crippen MR) is 70.2 cm³/mol. The van der Waals surface area contributed by atoms with Crippen LogP contribution in [0.25, 0.3) is 0 Å². The van der Waals surface area contributed by atoms with Crippen molar-refractivity contribution < 1.29 is 9.13 Å². The van der Waals surface area contributed by atoms with Gasteiger partial charge in [0.25, 0.3) is 0 Å². The minimum absolute atomic E-state index is 0.104. The molecule has 1 aromatic rings. The smallest absolute Gasteiger partial charge is 0.169 e. The van der Waals surface area contributed by atoms with E-state index >= 15 is 0 Å². The minimum Gasteiger partial charge on any atom is -0.494 e. The molecule has 2 rings (SSSR count). The molecular weight excluding hydrogens is 231 g/mol. The Morgan fingerprint density at radius 2 is 2.22 bits per heavy atom. The van der Waals surface area contributed by atoms with Gasteiger partial charge in [-0.2, -0.15) is 0 Å². The lowest BCUT2D eigenvalue weighted by Gasteiger charge is -2.21. The van der Waals surface area contributed by atoms with E-state index < -0.39 is 0 Å². The number of ether oxygens (including phenoxy) is 1. The topological polar surface area (TPSA) is 38.5 Å². The van der Waals surface area contributed by atoms with Gasteiger partial charge in [0.15, 0.2) is 11.6 Å². The van der Waals surface area contributed by atoms with Gasteiger partial charge in [-0.3, -0.25) is 4.90 Å². The molecule has 0 amide bonds. The van der Waals surface area contributed by atoms with E-state index in [2.05, 4.69) is 4.90 Å². The molecule has 0 aliphatic carbocycles. The van der Waals surface area contributed by atoms with Crippen molar-refractivity contribution in [2.45, 2.75) is 19.4 Å². The Morgan fingerprint density at radius 1 is 1.50 bits per heavy atom. The molecule has 1 fully saturated rings. The molecule has 1 saturated heterocycles. The summed E-state index contributed by atoms with van der Waals surface area (Å²) in [6, 6.07) is 3.75. The number of hydrogen-bond acceptors (Lipinski definition) is 3. The summed E-state index contributed by atoms with van der Waals surface area (Å²) in [5.41, 5.74) is 7.46. The molecule has 1 aliphatic rings. The van der Waals surface area contributed by atoms with Gasteiger partial charge in [-0.15, -0.1) is 0 Å². The number of nitrogens with zero attached hydrogens (tertiary/aromatic N) is 1. The fraction of sp³-hybridized carbons (Fsp3) is 0.571. The number of likely N-dealkylation sites (tertiary alicyclic amines) is 1. The second kappa shape index (κ2) is 5.24. The highest BCUT2D eigenvalue weighted by molar-refractivity contribution is 5.38. The van der Waals surface area contributed by atoms with Crippen molar-refractivity contribution in [2.24, 2.45) is 11.7 Å². The SMILES string of the molecule is COc1cc(C)cc(C2CC(CN)CN2C)c1F. The molecule has 0 aromatic heterocycles. The number of halogens is 1. The summed E-state index contributed by atoms with van der Waals surface area (Å²) in [6.45, 7) is 3.54. The lowest BCUT2D eigenvalue weighted by atomic mass is 9.97. The standard InChI is InChI=1S/C14H21FN2O/c1-9-4-11(14(15)13(5-9)18-3)12-6-10(7-16)8-17(12)2/h4-5,10,12H,6-8,16H2,1-3H3. The first-order valence-corrected chi connectivity index (χ1v) is 6.31. The summed E-state index contributed by atoms with van der Waals surface area (Å²) in [5, 5.41) is 0. The number of methoxy groups -OCH3 is 1. The number of hydrogen-bond donors (Lipinski definition) is 1. The number of benzene rings is 1. The fourth-order valence-electron chi connectivity index (χ4n) is 2.79. The van der Waals surface area contributed by atoms with Crippen molar-refractivity contribution in [1.82, 2.24) is 4.90 Å². The molecule has 1 heterocycles. The van der Waals surface area contributed by atoms with Crippen LogP contribution >= 0.6 is 0 Å². The minimum atomic E-state index is -0.238. The Kier molecular flexibility index (Phi) is 3.88. The monoisotopic (exact) mass is 252 g/mol. The second-order valence-corrected chi connectivity index (χ2v) is 5.16. The molecule has 4 heteroatoms. The Morgan fingerprint density at radius 3 is 2.78 bits per heavy atom. The Hall–Kier alpha value is -1.13. The van der Waals surface area contributed by atoms with E-state index in [1.807, 2.05) is 20.0 Å². The average molecular weight is 252 g/mol. The molecule has 1 aliphatic heterocycles. The zero-order valence-electron chi connectivity index (χ0n) is 11.2. The summed E-state index contributed by atoms with van der Waals surface area (Å²) in [5.74, 6) is 0.540. The van der Waals surface area contributed by atoms with Gasteiger partial charge >= 0.3 is 0 Å². The van der Waals surface area contributed by atoms with Crippen LogP contribution in [-0.2, 0) is 0 Å². The normalized spacial score (nSPS) is 24.5. The van der Waals surface area contributed by atoms with Crippen molar-refractivity contribution in [3.63, 3.8) is 0 Å². The maximum absolute atomic E-state index is 14.3. The highest BCUT2D eigenvalue weighted by atomic mass is 19.1. The lowest BCUT2D eigenvalue weighted by molar-refractivity contribution is 0.302. The van der Waals surface area contributed by atoms with Gasteiger partial charge in [-0.25, -0.2) is 4.39 Å². The zero-order chi connectivity index (χ0) is 13.3. The molecule has 100 valence electrons. The number of nitrogens with two attached hydrogens (primary N) is 1. The summed E-state index contributed by atoms with van der Waals surface area (Å²) >= 11 is 0. The van der Waals surface area contributed by atoms with E-state index in [1.165, 1.54) is 7.11 Å². The third-order valence-electron chi connectivity index (χ3n) is 3.76. The van der Waals surface area contributed by atoms with E-state index in [0.29, 0.717) is 18.2 Å².